The number of thiophene rings is 1. The topological polar surface area (TPSA) is 44.4 Å². The van der Waals surface area contributed by atoms with Crippen molar-refractivity contribution in [3.63, 3.8) is 0 Å². The number of likely N-dealkylation sites (N-methyl/N-ethyl adjacent to an activating group) is 1. The summed E-state index contributed by atoms with van der Waals surface area (Å²) < 4.78 is 18.9. The summed E-state index contributed by atoms with van der Waals surface area (Å²) >= 11 is 10.4. The first-order valence-electron chi connectivity index (χ1n) is 7.18. The minimum absolute atomic E-state index is 0.0958. The van der Waals surface area contributed by atoms with E-state index in [1.165, 1.54) is 23.1 Å². The maximum absolute atomic E-state index is 13.3. The van der Waals surface area contributed by atoms with Crippen molar-refractivity contribution in [2.24, 2.45) is 0 Å². The number of halogens is 3. The number of hydrogen-bond acceptors (Lipinski definition) is 5. The van der Waals surface area contributed by atoms with Crippen LogP contribution in [0, 0.1) is 5.82 Å². The fraction of sp³-hybridized carbons (Fsp3) is 0.267. The van der Waals surface area contributed by atoms with Crippen molar-refractivity contribution in [2.45, 2.75) is 18.5 Å². The summed E-state index contributed by atoms with van der Waals surface area (Å²) in [6.45, 7) is 0. The van der Waals surface area contributed by atoms with Crippen molar-refractivity contribution < 1.29 is 23.2 Å². The molecule has 1 saturated heterocycles. The molecule has 135 valence electrons. The van der Waals surface area contributed by atoms with Crippen LogP contribution in [0.4, 0.5) is 10.1 Å². The molecule has 0 aliphatic carbocycles. The Hall–Kier alpha value is 0.384. The average Bonchev–Trinajstić information content (AvgIpc) is 3.15. The van der Waals surface area contributed by atoms with Gasteiger partial charge in [0.2, 0.25) is 5.91 Å². The van der Waals surface area contributed by atoms with Crippen molar-refractivity contribution in [1.82, 2.24) is 9.03 Å². The Morgan fingerprint density at radius 1 is 1.48 bits per heavy atom. The second-order valence-electron chi connectivity index (χ2n) is 5.19. The van der Waals surface area contributed by atoms with E-state index in [1.807, 2.05) is 36.8 Å². The molecule has 3 rings (SSSR count). The molecule has 4 nitrogen and oxygen atoms in total. The zero-order chi connectivity index (χ0) is 18.4. The third kappa shape index (κ3) is 5.93. The standard InChI is InChI=1S/C15H15BrFN3OS2.HI.V.H/c1-20-13(8-12(19-23-20)14-3-2-6-22-14)15(21)18-9-4-5-11(17)10(16)7-9;;;/h2-7,12-13,19H,8H2,1H3,(H,18,21);1H;;/q;;+1;/p-1. The molecule has 25 heavy (non-hydrogen) atoms. The average molecular weight is 595 g/mol. The van der Waals surface area contributed by atoms with E-state index >= 15 is 0 Å². The first kappa shape index (κ1) is 21.7. The number of benzene rings is 1. The Morgan fingerprint density at radius 3 is 2.88 bits per heavy atom. The van der Waals surface area contributed by atoms with Crippen LogP contribution >= 0.6 is 59.4 Å². The van der Waals surface area contributed by atoms with Crippen LogP contribution in [-0.2, 0) is 18.8 Å². The van der Waals surface area contributed by atoms with Gasteiger partial charge in [-0.3, -0.25) is 4.79 Å². The van der Waals surface area contributed by atoms with Crippen LogP contribution in [0.2, 0.25) is 0 Å². The molecule has 1 fully saturated rings. The van der Waals surface area contributed by atoms with Gasteiger partial charge < -0.3 is 5.32 Å². The summed E-state index contributed by atoms with van der Waals surface area (Å²) in [4.78, 5) is 13.8. The molecule has 0 saturated carbocycles. The Morgan fingerprint density at radius 2 is 2.24 bits per heavy atom. The van der Waals surface area contributed by atoms with E-state index in [0.717, 1.165) is 0 Å². The quantitative estimate of drug-likeness (QED) is 0.396. The number of nitrogens with zero attached hydrogens (tertiary/aromatic N) is 1. The molecule has 2 aromatic rings. The van der Waals surface area contributed by atoms with Crippen molar-refractivity contribution in [1.29, 1.82) is 0 Å². The summed E-state index contributed by atoms with van der Waals surface area (Å²) in [5.41, 5.74) is 0.577. The summed E-state index contributed by atoms with van der Waals surface area (Å²) in [6.07, 6.45) is 0.679. The molecular weight excluding hydrogens is 579 g/mol. The fourth-order valence-electron chi connectivity index (χ4n) is 2.37. The number of rotatable bonds is 3. The summed E-state index contributed by atoms with van der Waals surface area (Å²) in [5, 5.41) is 4.89. The predicted molar refractivity (Wildman–Crippen MR) is 112 cm³/mol. The number of anilines is 1. The van der Waals surface area contributed by atoms with E-state index in [9.17, 15) is 9.18 Å². The Kier molecular flexibility index (Phi) is 9.24. The van der Waals surface area contributed by atoms with Gasteiger partial charge in [-0.25, -0.2) is 13.4 Å². The van der Waals surface area contributed by atoms with Crippen LogP contribution in [0.3, 0.4) is 0 Å². The SMILES string of the molecule is CN1SNC(c2cccs2)CC1C(=O)Nc1ccc(F)c(Br)c1.[VH][I]. The van der Waals surface area contributed by atoms with E-state index in [0.29, 0.717) is 16.6 Å². The number of carbonyl (C=O) groups is 1. The van der Waals surface area contributed by atoms with Gasteiger partial charge in [-0.05, 0) is 59.0 Å². The first-order chi connectivity index (χ1) is 12.0. The van der Waals surface area contributed by atoms with Gasteiger partial charge in [0.25, 0.3) is 0 Å². The van der Waals surface area contributed by atoms with Crippen LogP contribution in [-0.4, -0.2) is 23.3 Å². The first-order valence-corrected chi connectivity index (χ1v) is 14.7. The van der Waals surface area contributed by atoms with Crippen molar-refractivity contribution in [2.75, 3.05) is 12.4 Å². The Balaban J connectivity index is 0.00000109. The van der Waals surface area contributed by atoms with Gasteiger partial charge in [0.05, 0.1) is 10.5 Å². The summed E-state index contributed by atoms with van der Waals surface area (Å²) in [7, 11) is 1.88. The molecular formula is C15H16BrFIN3OS2V. The van der Waals surface area contributed by atoms with Gasteiger partial charge in [0.15, 0.2) is 0 Å². The van der Waals surface area contributed by atoms with Crippen molar-refractivity contribution in [3.8, 4) is 0 Å². The molecule has 2 heterocycles. The Labute approximate surface area is 183 Å². The van der Waals surface area contributed by atoms with Crippen LogP contribution in [0.25, 0.3) is 0 Å². The van der Waals surface area contributed by atoms with Gasteiger partial charge in [-0.1, -0.05) is 6.07 Å². The second kappa shape index (κ2) is 10.6. The van der Waals surface area contributed by atoms with Crippen molar-refractivity contribution in [3.05, 3.63) is 50.9 Å². The second-order valence-corrected chi connectivity index (χ2v) is 8.02. The van der Waals surface area contributed by atoms with E-state index in [-0.39, 0.29) is 23.8 Å². The normalized spacial score (nSPS) is 20.5. The van der Waals surface area contributed by atoms with E-state index < -0.39 is 0 Å². The molecule has 1 amide bonds. The van der Waals surface area contributed by atoms with Crippen LogP contribution < -0.4 is 10.0 Å². The van der Waals surface area contributed by atoms with Crippen LogP contribution in [0.1, 0.15) is 17.3 Å². The number of nitrogens with one attached hydrogen (secondary N) is 2. The molecule has 1 aliphatic rings. The predicted octanol–water partition coefficient (Wildman–Crippen LogP) is 4.80. The number of carbonyl (C=O) groups excluding carboxylic acids is 1. The Bertz CT molecular complexity index is 710. The van der Waals surface area contributed by atoms with E-state index in [2.05, 4.69) is 52.0 Å². The third-order valence-electron chi connectivity index (χ3n) is 3.61. The fourth-order valence-corrected chi connectivity index (χ4v) is 4.44. The molecule has 2 N–H and O–H groups in total. The van der Waals surface area contributed by atoms with Crippen molar-refractivity contribution >= 4 is 71.0 Å². The molecule has 2 atom stereocenters. The monoisotopic (exact) mass is 594 g/mol. The molecule has 2 unspecified atom stereocenters. The van der Waals surface area contributed by atoms with E-state index in [1.54, 1.807) is 23.5 Å². The molecule has 1 aromatic carbocycles. The van der Waals surface area contributed by atoms with E-state index in [4.69, 9.17) is 0 Å². The molecule has 1 aliphatic heterocycles. The summed E-state index contributed by atoms with van der Waals surface area (Å²) in [6, 6.07) is 8.41. The molecule has 0 bridgehead atoms. The van der Waals surface area contributed by atoms with Gasteiger partial charge in [-0.2, -0.15) is 0 Å². The minimum atomic E-state index is -0.352. The molecule has 1 aromatic heterocycles. The zero-order valence-electron chi connectivity index (χ0n) is 13.1. The van der Waals surface area contributed by atoms with Crippen LogP contribution in [0.5, 0.6) is 0 Å². The van der Waals surface area contributed by atoms with Gasteiger partial charge >= 0.3 is 34.0 Å². The van der Waals surface area contributed by atoms with Gasteiger partial charge in [0.1, 0.15) is 11.9 Å². The maximum atomic E-state index is 13.3. The molecule has 10 heteroatoms. The van der Waals surface area contributed by atoms with Crippen LogP contribution in [0.15, 0.2) is 40.2 Å². The molecule has 0 radical (unpaired) electrons. The molecule has 0 spiro atoms. The zero-order valence-corrected chi connectivity index (χ0v) is 20.1. The number of amides is 1. The summed E-state index contributed by atoms with van der Waals surface area (Å²) in [5.74, 6) is -0.447. The number of hydrogen-bond donors (Lipinski definition) is 2. The van der Waals surface area contributed by atoms with Gasteiger partial charge in [0, 0.05) is 22.7 Å². The third-order valence-corrected chi connectivity index (χ3v) is 6.14. The van der Waals surface area contributed by atoms with Gasteiger partial charge in [-0.15, -0.1) is 11.3 Å².